The molecule has 1 heterocycles. The summed E-state index contributed by atoms with van der Waals surface area (Å²) in [5.74, 6) is 0.303. The van der Waals surface area contributed by atoms with Crippen LogP contribution < -0.4 is 21.7 Å². The van der Waals surface area contributed by atoms with E-state index < -0.39 is 0 Å². The van der Waals surface area contributed by atoms with E-state index in [1.165, 1.54) is 11.3 Å². The maximum absolute atomic E-state index is 12.5. The zero-order valence-electron chi connectivity index (χ0n) is 14.0. The Balaban J connectivity index is 1.58. The summed E-state index contributed by atoms with van der Waals surface area (Å²) in [5, 5.41) is 9.14. The topological polar surface area (TPSA) is 96.2 Å². The molecule has 0 radical (unpaired) electrons. The first-order chi connectivity index (χ1) is 12.0. The molecule has 1 aromatic carbocycles. The number of nitrogens with one attached hydrogen (secondary N) is 3. The molecule has 1 aromatic heterocycles. The number of urea groups is 1. The fraction of sp³-hybridized carbons (Fsp3) is 0.333. The van der Waals surface area contributed by atoms with Gasteiger partial charge < -0.3 is 16.4 Å². The van der Waals surface area contributed by atoms with Gasteiger partial charge >= 0.3 is 6.03 Å². The summed E-state index contributed by atoms with van der Waals surface area (Å²) in [4.78, 5) is 25.0. The Kier molecular flexibility index (Phi) is 5.06. The third-order valence-corrected chi connectivity index (χ3v) is 5.40. The number of carbonyl (C=O) groups is 2. The van der Waals surface area contributed by atoms with Crippen molar-refractivity contribution in [3.63, 3.8) is 0 Å². The number of hydrogen-bond donors (Lipinski definition) is 4. The van der Waals surface area contributed by atoms with Crippen molar-refractivity contribution in [1.29, 1.82) is 0 Å². The van der Waals surface area contributed by atoms with Crippen LogP contribution in [0.15, 0.2) is 42.5 Å². The molecule has 0 saturated heterocycles. The van der Waals surface area contributed by atoms with Gasteiger partial charge in [0.15, 0.2) is 0 Å². The van der Waals surface area contributed by atoms with Crippen LogP contribution in [0, 0.1) is 5.92 Å². The minimum absolute atomic E-state index is 0.152. The third-order valence-electron chi connectivity index (χ3n) is 4.40. The van der Waals surface area contributed by atoms with Crippen LogP contribution in [-0.2, 0) is 0 Å². The molecule has 1 atom stereocenters. The Morgan fingerprint density at radius 2 is 1.88 bits per heavy atom. The average molecular weight is 358 g/mol. The lowest BCUT2D eigenvalue weighted by molar-refractivity contribution is 0.0902. The predicted octanol–water partition coefficient (Wildman–Crippen LogP) is 3.25. The molecule has 7 heteroatoms. The molecule has 1 aliphatic carbocycles. The quantitative estimate of drug-likeness (QED) is 0.638. The molecule has 1 aliphatic rings. The number of rotatable bonds is 6. The van der Waals surface area contributed by atoms with Gasteiger partial charge in [0.2, 0.25) is 0 Å². The van der Waals surface area contributed by atoms with E-state index in [4.69, 9.17) is 5.73 Å². The van der Waals surface area contributed by atoms with E-state index in [0.29, 0.717) is 28.0 Å². The molecule has 3 rings (SSSR count). The molecule has 0 bridgehead atoms. The van der Waals surface area contributed by atoms with Crippen LogP contribution in [0.2, 0.25) is 0 Å². The highest BCUT2D eigenvalue weighted by Crippen LogP contribution is 2.39. The Bertz CT molecular complexity index is 757. The van der Waals surface area contributed by atoms with Gasteiger partial charge in [0.25, 0.3) is 5.91 Å². The van der Waals surface area contributed by atoms with E-state index in [1.807, 2.05) is 25.1 Å². The highest BCUT2D eigenvalue weighted by Gasteiger charge is 2.41. The van der Waals surface area contributed by atoms with Gasteiger partial charge in [0.05, 0.1) is 15.4 Å². The Hall–Kier alpha value is -2.38. The van der Waals surface area contributed by atoms with Gasteiger partial charge in [-0.25, -0.2) is 4.79 Å². The van der Waals surface area contributed by atoms with E-state index >= 15 is 0 Å². The Labute approximate surface area is 150 Å². The van der Waals surface area contributed by atoms with Gasteiger partial charge in [-0.05, 0) is 49.9 Å². The normalized spacial score (nSPS) is 15.9. The van der Waals surface area contributed by atoms with E-state index in [9.17, 15) is 9.59 Å². The van der Waals surface area contributed by atoms with Crippen molar-refractivity contribution in [2.75, 3.05) is 17.2 Å². The summed E-state index contributed by atoms with van der Waals surface area (Å²) in [6.45, 7) is 2.40. The molecule has 25 heavy (non-hydrogen) atoms. The maximum atomic E-state index is 12.5. The van der Waals surface area contributed by atoms with E-state index in [0.717, 1.165) is 12.8 Å². The number of benzene rings is 1. The second-order valence-corrected chi connectivity index (χ2v) is 7.54. The van der Waals surface area contributed by atoms with E-state index in [1.54, 1.807) is 24.3 Å². The summed E-state index contributed by atoms with van der Waals surface area (Å²) in [6.07, 6.45) is 2.20. The molecule has 1 saturated carbocycles. The van der Waals surface area contributed by atoms with Crippen LogP contribution in [0.3, 0.4) is 0 Å². The number of anilines is 2. The molecule has 3 amide bonds. The number of hydrogen-bond acceptors (Lipinski definition) is 4. The fourth-order valence-corrected chi connectivity index (χ4v) is 3.48. The summed E-state index contributed by atoms with van der Waals surface area (Å²) < 4.78 is 0. The fourth-order valence-electron chi connectivity index (χ4n) is 2.68. The third kappa shape index (κ3) is 4.37. The first-order valence-corrected chi connectivity index (χ1v) is 9.07. The summed E-state index contributed by atoms with van der Waals surface area (Å²) in [5.41, 5.74) is 6.19. The van der Waals surface area contributed by atoms with Crippen LogP contribution in [0.1, 0.15) is 29.4 Å². The van der Waals surface area contributed by atoms with Gasteiger partial charge in [-0.1, -0.05) is 18.2 Å². The van der Waals surface area contributed by atoms with Crippen molar-refractivity contribution in [1.82, 2.24) is 5.32 Å². The van der Waals surface area contributed by atoms with Crippen molar-refractivity contribution in [3.05, 3.63) is 47.3 Å². The number of amides is 3. The van der Waals surface area contributed by atoms with Crippen LogP contribution in [0.5, 0.6) is 0 Å². The SMILES string of the molecule is CC(CN)(NC(=O)c1ccc(NC(=O)Nc2ccccc2)s1)C1CC1. The van der Waals surface area contributed by atoms with Crippen LogP contribution in [0.25, 0.3) is 0 Å². The van der Waals surface area contributed by atoms with Gasteiger partial charge in [0, 0.05) is 12.2 Å². The van der Waals surface area contributed by atoms with Crippen LogP contribution in [-0.4, -0.2) is 24.0 Å². The molecule has 6 nitrogen and oxygen atoms in total. The van der Waals surface area contributed by atoms with Gasteiger partial charge in [-0.15, -0.1) is 11.3 Å². The van der Waals surface area contributed by atoms with Crippen molar-refractivity contribution >= 4 is 34.0 Å². The standard InChI is InChI=1S/C18H22N4O2S/c1-18(11-19,12-7-8-12)22-16(23)14-9-10-15(25-14)21-17(24)20-13-5-3-2-4-6-13/h2-6,9-10,12H,7-8,11,19H2,1H3,(H,22,23)(H2,20,21,24). The van der Waals surface area contributed by atoms with Crippen LogP contribution in [0.4, 0.5) is 15.5 Å². The molecular weight excluding hydrogens is 336 g/mol. The van der Waals surface area contributed by atoms with Crippen molar-refractivity contribution in [2.45, 2.75) is 25.3 Å². The lowest BCUT2D eigenvalue weighted by Gasteiger charge is -2.29. The average Bonchev–Trinajstić information content (AvgIpc) is 3.36. The van der Waals surface area contributed by atoms with E-state index in [2.05, 4.69) is 16.0 Å². The lowest BCUT2D eigenvalue weighted by Crippen LogP contribution is -2.53. The van der Waals surface area contributed by atoms with Gasteiger partial charge in [-0.2, -0.15) is 0 Å². The molecule has 1 fully saturated rings. The summed E-state index contributed by atoms with van der Waals surface area (Å²) in [6, 6.07) is 12.3. The molecule has 0 spiro atoms. The summed E-state index contributed by atoms with van der Waals surface area (Å²) >= 11 is 1.24. The Morgan fingerprint density at radius 1 is 1.16 bits per heavy atom. The zero-order valence-corrected chi connectivity index (χ0v) is 14.9. The lowest BCUT2D eigenvalue weighted by atomic mass is 9.96. The maximum Gasteiger partial charge on any atom is 0.324 e. The zero-order chi connectivity index (χ0) is 17.9. The molecule has 5 N–H and O–H groups in total. The van der Waals surface area contributed by atoms with Crippen LogP contribution >= 0.6 is 11.3 Å². The largest absolute Gasteiger partial charge is 0.345 e. The molecule has 2 aromatic rings. The highest BCUT2D eigenvalue weighted by molar-refractivity contribution is 7.18. The second kappa shape index (κ2) is 7.25. The molecule has 1 unspecified atom stereocenters. The summed E-state index contributed by atoms with van der Waals surface area (Å²) in [7, 11) is 0. The predicted molar refractivity (Wildman–Crippen MR) is 101 cm³/mol. The Morgan fingerprint density at radius 3 is 2.52 bits per heavy atom. The van der Waals surface area contributed by atoms with Crippen molar-refractivity contribution in [2.24, 2.45) is 11.7 Å². The first kappa shape index (κ1) is 17.4. The monoisotopic (exact) mass is 358 g/mol. The first-order valence-electron chi connectivity index (χ1n) is 8.25. The van der Waals surface area contributed by atoms with Gasteiger partial charge in [0.1, 0.15) is 0 Å². The smallest absolute Gasteiger partial charge is 0.324 e. The minimum atomic E-state index is -0.362. The van der Waals surface area contributed by atoms with Gasteiger partial charge in [-0.3, -0.25) is 10.1 Å². The highest BCUT2D eigenvalue weighted by atomic mass is 32.1. The number of thiophene rings is 1. The second-order valence-electron chi connectivity index (χ2n) is 6.46. The molecular formula is C18H22N4O2S. The minimum Gasteiger partial charge on any atom is -0.345 e. The molecule has 132 valence electrons. The molecule has 0 aliphatic heterocycles. The van der Waals surface area contributed by atoms with Crippen molar-refractivity contribution < 1.29 is 9.59 Å². The number of para-hydroxylation sites is 1. The number of nitrogens with two attached hydrogens (primary N) is 1. The van der Waals surface area contributed by atoms with E-state index in [-0.39, 0.29) is 17.5 Å². The van der Waals surface area contributed by atoms with Crippen molar-refractivity contribution in [3.8, 4) is 0 Å². The number of carbonyl (C=O) groups excluding carboxylic acids is 2.